The van der Waals surface area contributed by atoms with Crippen molar-refractivity contribution in [3.8, 4) is 11.5 Å². The summed E-state index contributed by atoms with van der Waals surface area (Å²) in [6.07, 6.45) is 0. The SMILES string of the molecule is COC(=O)c1ccccc1Oc1cc(Cl)c(Cl)cc1N. The van der Waals surface area contributed by atoms with Gasteiger partial charge in [0.1, 0.15) is 11.3 Å². The number of methoxy groups -OCH3 is 1. The van der Waals surface area contributed by atoms with Gasteiger partial charge in [0, 0.05) is 6.07 Å². The quantitative estimate of drug-likeness (QED) is 0.683. The number of nitrogens with two attached hydrogens (primary N) is 1. The lowest BCUT2D eigenvalue weighted by Gasteiger charge is -2.12. The molecule has 0 heterocycles. The Morgan fingerprint density at radius 2 is 1.75 bits per heavy atom. The van der Waals surface area contributed by atoms with E-state index in [0.29, 0.717) is 32.8 Å². The fourth-order valence-electron chi connectivity index (χ4n) is 1.59. The molecule has 0 aliphatic rings. The van der Waals surface area contributed by atoms with Gasteiger partial charge >= 0.3 is 5.97 Å². The fourth-order valence-corrected chi connectivity index (χ4v) is 1.91. The molecule has 0 aliphatic carbocycles. The number of rotatable bonds is 3. The molecule has 2 N–H and O–H groups in total. The third kappa shape index (κ3) is 2.98. The van der Waals surface area contributed by atoms with Crippen LogP contribution in [0.1, 0.15) is 10.4 Å². The van der Waals surface area contributed by atoms with Gasteiger partial charge in [-0.2, -0.15) is 0 Å². The minimum absolute atomic E-state index is 0.292. The maximum Gasteiger partial charge on any atom is 0.341 e. The third-order valence-corrected chi connectivity index (χ3v) is 3.29. The number of para-hydroxylation sites is 1. The Hall–Kier alpha value is -1.91. The van der Waals surface area contributed by atoms with E-state index in [2.05, 4.69) is 0 Å². The Kier molecular flexibility index (Phi) is 4.37. The Balaban J connectivity index is 2.40. The summed E-state index contributed by atoms with van der Waals surface area (Å²) < 4.78 is 10.3. The number of hydrogen-bond donors (Lipinski definition) is 1. The molecule has 0 saturated carbocycles. The Morgan fingerprint density at radius 3 is 2.45 bits per heavy atom. The number of carbonyl (C=O) groups excluding carboxylic acids is 1. The zero-order valence-corrected chi connectivity index (χ0v) is 12.0. The van der Waals surface area contributed by atoms with Gasteiger partial charge in [-0.05, 0) is 18.2 Å². The summed E-state index contributed by atoms with van der Waals surface area (Å²) in [6, 6.07) is 9.64. The van der Waals surface area contributed by atoms with Gasteiger partial charge in [-0.1, -0.05) is 35.3 Å². The maximum absolute atomic E-state index is 11.6. The molecule has 2 rings (SSSR count). The number of ether oxygens (including phenoxy) is 2. The zero-order valence-electron chi connectivity index (χ0n) is 10.5. The van der Waals surface area contributed by atoms with Crippen molar-refractivity contribution in [2.75, 3.05) is 12.8 Å². The average Bonchev–Trinajstić information content (AvgIpc) is 2.44. The van der Waals surface area contributed by atoms with E-state index in [0.717, 1.165) is 0 Å². The van der Waals surface area contributed by atoms with Crippen LogP contribution in [0.5, 0.6) is 11.5 Å². The number of halogens is 2. The van der Waals surface area contributed by atoms with Crippen molar-refractivity contribution in [3.05, 3.63) is 52.0 Å². The molecule has 0 aliphatic heterocycles. The highest BCUT2D eigenvalue weighted by molar-refractivity contribution is 6.42. The molecular formula is C14H11Cl2NO3. The van der Waals surface area contributed by atoms with Crippen LogP contribution < -0.4 is 10.5 Å². The van der Waals surface area contributed by atoms with Crippen molar-refractivity contribution < 1.29 is 14.3 Å². The first-order chi connectivity index (χ1) is 9.52. The molecule has 0 aromatic heterocycles. The Morgan fingerprint density at radius 1 is 1.10 bits per heavy atom. The summed E-state index contributed by atoms with van der Waals surface area (Å²) in [5.41, 5.74) is 6.42. The molecule has 4 nitrogen and oxygen atoms in total. The number of hydrogen-bond acceptors (Lipinski definition) is 4. The lowest BCUT2D eigenvalue weighted by molar-refractivity contribution is 0.0598. The summed E-state index contributed by atoms with van der Waals surface area (Å²) in [6.45, 7) is 0. The van der Waals surface area contributed by atoms with Gasteiger partial charge in [-0.15, -0.1) is 0 Å². The Bertz CT molecular complexity index is 659. The zero-order chi connectivity index (χ0) is 14.7. The van der Waals surface area contributed by atoms with Crippen LogP contribution >= 0.6 is 23.2 Å². The highest BCUT2D eigenvalue weighted by Gasteiger charge is 2.14. The van der Waals surface area contributed by atoms with Gasteiger partial charge in [0.2, 0.25) is 0 Å². The van der Waals surface area contributed by atoms with E-state index >= 15 is 0 Å². The van der Waals surface area contributed by atoms with Gasteiger partial charge in [-0.3, -0.25) is 0 Å². The highest BCUT2D eigenvalue weighted by Crippen LogP contribution is 2.36. The van der Waals surface area contributed by atoms with E-state index in [1.165, 1.54) is 19.2 Å². The number of benzene rings is 2. The monoisotopic (exact) mass is 311 g/mol. The predicted octanol–water partition coefficient (Wildman–Crippen LogP) is 4.15. The second-order valence-corrected chi connectivity index (χ2v) is 4.71. The van der Waals surface area contributed by atoms with Crippen molar-refractivity contribution in [1.29, 1.82) is 0 Å². The molecular weight excluding hydrogens is 301 g/mol. The summed E-state index contributed by atoms with van der Waals surface area (Å²) in [7, 11) is 1.30. The topological polar surface area (TPSA) is 61.5 Å². The highest BCUT2D eigenvalue weighted by atomic mass is 35.5. The molecule has 104 valence electrons. The number of carbonyl (C=O) groups is 1. The maximum atomic E-state index is 11.6. The number of anilines is 1. The molecule has 0 atom stereocenters. The lowest BCUT2D eigenvalue weighted by atomic mass is 10.2. The summed E-state index contributed by atoms with van der Waals surface area (Å²) >= 11 is 11.8. The second kappa shape index (κ2) is 6.03. The molecule has 0 saturated heterocycles. The number of nitrogen functional groups attached to an aromatic ring is 1. The van der Waals surface area contributed by atoms with E-state index in [1.807, 2.05) is 0 Å². The van der Waals surface area contributed by atoms with Crippen LogP contribution in [0.15, 0.2) is 36.4 Å². The first kappa shape index (κ1) is 14.5. The van der Waals surface area contributed by atoms with Crippen LogP contribution in [0.25, 0.3) is 0 Å². The molecule has 0 spiro atoms. The molecule has 2 aromatic rings. The molecule has 0 amide bonds. The largest absolute Gasteiger partial charge is 0.465 e. The molecule has 2 aromatic carbocycles. The van der Waals surface area contributed by atoms with Crippen molar-refractivity contribution in [2.45, 2.75) is 0 Å². The van der Waals surface area contributed by atoms with Crippen molar-refractivity contribution >= 4 is 34.9 Å². The number of esters is 1. The van der Waals surface area contributed by atoms with Crippen molar-refractivity contribution in [3.63, 3.8) is 0 Å². The first-order valence-corrected chi connectivity index (χ1v) is 6.38. The first-order valence-electron chi connectivity index (χ1n) is 5.62. The van der Waals surface area contributed by atoms with Gasteiger partial charge in [-0.25, -0.2) is 4.79 Å². The van der Waals surface area contributed by atoms with Crippen LogP contribution in [-0.4, -0.2) is 13.1 Å². The van der Waals surface area contributed by atoms with Crippen LogP contribution in [0.2, 0.25) is 10.0 Å². The van der Waals surface area contributed by atoms with E-state index in [1.54, 1.807) is 24.3 Å². The second-order valence-electron chi connectivity index (χ2n) is 3.89. The summed E-state index contributed by atoms with van der Waals surface area (Å²) in [5.74, 6) is 0.138. The molecule has 0 fully saturated rings. The van der Waals surface area contributed by atoms with Gasteiger partial charge in [0.25, 0.3) is 0 Å². The molecule has 0 bridgehead atoms. The normalized spacial score (nSPS) is 10.2. The lowest BCUT2D eigenvalue weighted by Crippen LogP contribution is -2.04. The van der Waals surface area contributed by atoms with Crippen LogP contribution in [0.3, 0.4) is 0 Å². The molecule has 0 radical (unpaired) electrons. The van der Waals surface area contributed by atoms with Gasteiger partial charge < -0.3 is 15.2 Å². The third-order valence-electron chi connectivity index (χ3n) is 2.57. The standard InChI is InChI=1S/C14H11Cl2NO3/c1-19-14(18)8-4-2-3-5-12(8)20-13-7-10(16)9(15)6-11(13)17/h2-7H,17H2,1H3. The predicted molar refractivity (Wildman–Crippen MR) is 78.7 cm³/mol. The van der Waals surface area contributed by atoms with Gasteiger partial charge in [0.15, 0.2) is 5.75 Å². The van der Waals surface area contributed by atoms with E-state index in [-0.39, 0.29) is 0 Å². The smallest absolute Gasteiger partial charge is 0.341 e. The molecule has 6 heteroatoms. The van der Waals surface area contributed by atoms with E-state index in [4.69, 9.17) is 38.4 Å². The Labute approximate surface area is 126 Å². The van der Waals surface area contributed by atoms with Crippen LogP contribution in [0.4, 0.5) is 5.69 Å². The average molecular weight is 312 g/mol. The van der Waals surface area contributed by atoms with Crippen LogP contribution in [0, 0.1) is 0 Å². The minimum Gasteiger partial charge on any atom is -0.465 e. The fraction of sp³-hybridized carbons (Fsp3) is 0.0714. The van der Waals surface area contributed by atoms with Gasteiger partial charge in [0.05, 0.1) is 22.8 Å². The van der Waals surface area contributed by atoms with Crippen LogP contribution in [-0.2, 0) is 4.74 Å². The van der Waals surface area contributed by atoms with E-state index in [9.17, 15) is 4.79 Å². The summed E-state index contributed by atoms with van der Waals surface area (Å²) in [5, 5.41) is 0.643. The van der Waals surface area contributed by atoms with Crippen molar-refractivity contribution in [1.82, 2.24) is 0 Å². The van der Waals surface area contributed by atoms with E-state index < -0.39 is 5.97 Å². The van der Waals surface area contributed by atoms with Crippen molar-refractivity contribution in [2.24, 2.45) is 0 Å². The minimum atomic E-state index is -0.501. The summed E-state index contributed by atoms with van der Waals surface area (Å²) in [4.78, 5) is 11.6. The molecule has 20 heavy (non-hydrogen) atoms. The molecule has 0 unspecified atom stereocenters.